The maximum Gasteiger partial charge on any atom is 0.216 e. The molecular weight excluding hydrogens is 308 g/mol. The van der Waals surface area contributed by atoms with Crippen LogP contribution in [0.2, 0.25) is 0 Å². The summed E-state index contributed by atoms with van der Waals surface area (Å²) in [6.07, 6.45) is 1.72. The maximum atomic E-state index is 5.90. The maximum absolute atomic E-state index is 5.90. The lowest BCUT2D eigenvalue weighted by atomic mass is 10.2. The van der Waals surface area contributed by atoms with Gasteiger partial charge in [0.05, 0.1) is 6.21 Å². The molecule has 3 aromatic rings. The van der Waals surface area contributed by atoms with Gasteiger partial charge < -0.3 is 4.74 Å². The van der Waals surface area contributed by atoms with Crippen LogP contribution < -0.4 is 4.74 Å². The van der Waals surface area contributed by atoms with Crippen LogP contribution in [0.1, 0.15) is 17.0 Å². The second kappa shape index (κ2) is 7.02. The van der Waals surface area contributed by atoms with Gasteiger partial charge in [0.1, 0.15) is 18.2 Å². The monoisotopic (exact) mass is 324 g/mol. The molecule has 0 atom stereocenters. The predicted molar refractivity (Wildman–Crippen MR) is 92.4 cm³/mol. The summed E-state index contributed by atoms with van der Waals surface area (Å²) in [7, 11) is 0. The lowest BCUT2D eigenvalue weighted by Crippen LogP contribution is -1.99. The van der Waals surface area contributed by atoms with Crippen LogP contribution in [-0.4, -0.2) is 21.1 Å². The van der Waals surface area contributed by atoms with E-state index in [4.69, 9.17) is 17.0 Å². The van der Waals surface area contributed by atoms with Crippen molar-refractivity contribution in [1.82, 2.24) is 14.9 Å². The molecule has 2 aromatic carbocycles. The third-order valence-corrected chi connectivity index (χ3v) is 3.54. The molecule has 1 heterocycles. The summed E-state index contributed by atoms with van der Waals surface area (Å²) in [4.78, 5) is 0. The zero-order chi connectivity index (χ0) is 16.1. The average Bonchev–Trinajstić information content (AvgIpc) is 2.91. The summed E-state index contributed by atoms with van der Waals surface area (Å²) in [6, 6.07) is 17.8. The van der Waals surface area contributed by atoms with Gasteiger partial charge in [0, 0.05) is 5.56 Å². The van der Waals surface area contributed by atoms with E-state index >= 15 is 0 Å². The summed E-state index contributed by atoms with van der Waals surface area (Å²) in [5, 5.41) is 11.1. The van der Waals surface area contributed by atoms with Crippen LogP contribution in [0.15, 0.2) is 59.7 Å². The standard InChI is InChI=1S/C17H16N4OS/c1-13-19-20-17(23)21(13)18-11-15-9-5-6-10-16(15)22-12-14-7-3-2-4-8-14/h2-11H,12H2,1H3,(H,20,23)/b18-11+. The summed E-state index contributed by atoms with van der Waals surface area (Å²) >= 11 is 5.14. The SMILES string of the molecule is Cc1n[nH]c(=S)n1/N=C/c1ccccc1OCc1ccccc1. The largest absolute Gasteiger partial charge is 0.488 e. The first kappa shape index (κ1) is 15.2. The highest BCUT2D eigenvalue weighted by Gasteiger charge is 2.03. The molecule has 3 rings (SSSR count). The number of aryl methyl sites for hydroxylation is 1. The molecule has 116 valence electrons. The first-order valence-corrected chi connectivity index (χ1v) is 7.59. The van der Waals surface area contributed by atoms with E-state index in [9.17, 15) is 0 Å². The van der Waals surface area contributed by atoms with Crippen molar-refractivity contribution < 1.29 is 4.74 Å². The number of rotatable bonds is 5. The van der Waals surface area contributed by atoms with Gasteiger partial charge in [-0.25, -0.2) is 0 Å². The smallest absolute Gasteiger partial charge is 0.216 e. The number of nitrogens with one attached hydrogen (secondary N) is 1. The predicted octanol–water partition coefficient (Wildman–Crippen LogP) is 3.71. The van der Waals surface area contributed by atoms with E-state index in [-0.39, 0.29) is 0 Å². The molecule has 0 bridgehead atoms. The zero-order valence-corrected chi connectivity index (χ0v) is 13.5. The van der Waals surface area contributed by atoms with Crippen LogP contribution in [0.5, 0.6) is 5.75 Å². The van der Waals surface area contributed by atoms with Crippen molar-refractivity contribution in [2.75, 3.05) is 0 Å². The summed E-state index contributed by atoms with van der Waals surface area (Å²) in [5.41, 5.74) is 2.00. The second-order valence-corrected chi connectivity index (χ2v) is 5.33. The Morgan fingerprint density at radius 2 is 1.91 bits per heavy atom. The summed E-state index contributed by atoms with van der Waals surface area (Å²) in [6.45, 7) is 2.34. The fourth-order valence-corrected chi connectivity index (χ4v) is 2.31. The Labute approximate surface area is 139 Å². The molecule has 0 saturated carbocycles. The van der Waals surface area contributed by atoms with Crippen molar-refractivity contribution in [2.24, 2.45) is 5.10 Å². The van der Waals surface area contributed by atoms with Crippen molar-refractivity contribution in [1.29, 1.82) is 0 Å². The van der Waals surface area contributed by atoms with E-state index in [1.807, 2.05) is 61.5 Å². The molecule has 0 unspecified atom stereocenters. The van der Waals surface area contributed by atoms with Crippen LogP contribution >= 0.6 is 12.2 Å². The molecule has 0 aliphatic carbocycles. The minimum atomic E-state index is 0.460. The number of aromatic amines is 1. The molecule has 0 fully saturated rings. The van der Waals surface area contributed by atoms with Gasteiger partial charge in [-0.2, -0.15) is 14.9 Å². The Bertz CT molecular complexity index is 868. The van der Waals surface area contributed by atoms with Crippen molar-refractivity contribution in [3.8, 4) is 5.75 Å². The van der Waals surface area contributed by atoms with E-state index in [1.54, 1.807) is 10.9 Å². The van der Waals surface area contributed by atoms with Crippen LogP contribution in [0.25, 0.3) is 0 Å². The van der Waals surface area contributed by atoms with Crippen molar-refractivity contribution >= 4 is 18.4 Å². The van der Waals surface area contributed by atoms with Crippen LogP contribution in [-0.2, 0) is 6.61 Å². The fraction of sp³-hybridized carbons (Fsp3) is 0.118. The van der Waals surface area contributed by atoms with Crippen molar-refractivity contribution in [2.45, 2.75) is 13.5 Å². The van der Waals surface area contributed by atoms with Crippen molar-refractivity contribution in [3.63, 3.8) is 0 Å². The second-order valence-electron chi connectivity index (χ2n) is 4.94. The highest BCUT2D eigenvalue weighted by atomic mass is 32.1. The zero-order valence-electron chi connectivity index (χ0n) is 12.6. The van der Waals surface area contributed by atoms with E-state index in [0.717, 1.165) is 16.9 Å². The molecule has 23 heavy (non-hydrogen) atoms. The lowest BCUT2D eigenvalue weighted by Gasteiger charge is -2.08. The molecule has 1 aromatic heterocycles. The van der Waals surface area contributed by atoms with E-state index < -0.39 is 0 Å². The van der Waals surface area contributed by atoms with Crippen LogP contribution in [0, 0.1) is 11.7 Å². The highest BCUT2D eigenvalue weighted by Crippen LogP contribution is 2.17. The van der Waals surface area contributed by atoms with Gasteiger partial charge in [-0.15, -0.1) is 0 Å². The van der Waals surface area contributed by atoms with E-state index in [0.29, 0.717) is 17.2 Å². The van der Waals surface area contributed by atoms with E-state index in [1.165, 1.54) is 0 Å². The fourth-order valence-electron chi connectivity index (χ4n) is 2.08. The average molecular weight is 324 g/mol. The van der Waals surface area contributed by atoms with Gasteiger partial charge in [0.15, 0.2) is 0 Å². The molecule has 0 radical (unpaired) electrons. The van der Waals surface area contributed by atoms with Gasteiger partial charge in [-0.1, -0.05) is 42.5 Å². The summed E-state index contributed by atoms with van der Waals surface area (Å²) < 4.78 is 7.94. The van der Waals surface area contributed by atoms with Crippen molar-refractivity contribution in [3.05, 3.63) is 76.3 Å². The minimum absolute atomic E-state index is 0.460. The van der Waals surface area contributed by atoms with E-state index in [2.05, 4.69) is 15.3 Å². The van der Waals surface area contributed by atoms with Crippen LogP contribution in [0.3, 0.4) is 0 Å². The number of aromatic nitrogens is 3. The number of ether oxygens (including phenoxy) is 1. The Hall–Kier alpha value is -2.73. The molecule has 0 amide bonds. The molecule has 0 aliphatic heterocycles. The normalized spacial score (nSPS) is 11.0. The topological polar surface area (TPSA) is 55.2 Å². The molecule has 0 aliphatic rings. The number of para-hydroxylation sites is 1. The number of benzene rings is 2. The summed E-state index contributed by atoms with van der Waals surface area (Å²) in [5.74, 6) is 1.47. The Balaban J connectivity index is 1.79. The number of hydrogen-bond acceptors (Lipinski definition) is 4. The van der Waals surface area contributed by atoms with Gasteiger partial charge >= 0.3 is 0 Å². The van der Waals surface area contributed by atoms with Crippen LogP contribution in [0.4, 0.5) is 0 Å². The number of hydrogen-bond donors (Lipinski definition) is 1. The molecular formula is C17H16N4OS. The number of nitrogens with zero attached hydrogens (tertiary/aromatic N) is 3. The molecule has 0 spiro atoms. The Kier molecular flexibility index (Phi) is 4.63. The first-order chi connectivity index (χ1) is 11.2. The molecule has 5 nitrogen and oxygen atoms in total. The minimum Gasteiger partial charge on any atom is -0.488 e. The first-order valence-electron chi connectivity index (χ1n) is 7.18. The third-order valence-electron chi connectivity index (χ3n) is 3.28. The van der Waals surface area contributed by atoms with Gasteiger partial charge in [-0.05, 0) is 36.8 Å². The Morgan fingerprint density at radius 1 is 1.17 bits per heavy atom. The molecule has 0 saturated heterocycles. The Morgan fingerprint density at radius 3 is 2.65 bits per heavy atom. The molecule has 6 heteroatoms. The highest BCUT2D eigenvalue weighted by molar-refractivity contribution is 7.71. The third kappa shape index (κ3) is 3.73. The van der Waals surface area contributed by atoms with Gasteiger partial charge in [-0.3, -0.25) is 5.10 Å². The molecule has 1 N–H and O–H groups in total. The van der Waals surface area contributed by atoms with Gasteiger partial charge in [0.25, 0.3) is 0 Å². The number of H-pyrrole nitrogens is 1. The van der Waals surface area contributed by atoms with Gasteiger partial charge in [0.2, 0.25) is 4.77 Å². The quantitative estimate of drug-likeness (QED) is 0.575. The lowest BCUT2D eigenvalue weighted by molar-refractivity contribution is 0.306.